The van der Waals surface area contributed by atoms with Crippen molar-refractivity contribution in [2.24, 2.45) is 10.9 Å². The van der Waals surface area contributed by atoms with Crippen LogP contribution >= 0.6 is 34.9 Å². The third kappa shape index (κ3) is 4.89. The van der Waals surface area contributed by atoms with Crippen molar-refractivity contribution in [1.29, 1.82) is 0 Å². The van der Waals surface area contributed by atoms with Crippen LogP contribution in [0.4, 0.5) is 4.39 Å². The number of amidine groups is 1. The molecule has 35 heavy (non-hydrogen) atoms. The minimum Gasteiger partial charge on any atom is -0.326 e. The highest BCUT2D eigenvalue weighted by molar-refractivity contribution is 8.09. The summed E-state index contributed by atoms with van der Waals surface area (Å²) in [5.74, 6) is 7.46. The predicted molar refractivity (Wildman–Crippen MR) is 138 cm³/mol. The first kappa shape index (κ1) is 23.5. The summed E-state index contributed by atoms with van der Waals surface area (Å²) in [6, 6.07) is 3.89. The van der Waals surface area contributed by atoms with Crippen molar-refractivity contribution < 1.29 is 12.8 Å². The summed E-state index contributed by atoms with van der Waals surface area (Å²) >= 11 is 9.24. The molecule has 3 fully saturated rings. The van der Waals surface area contributed by atoms with Gasteiger partial charge in [-0.2, -0.15) is 4.13 Å². The molecule has 1 N–H and O–H groups in total. The van der Waals surface area contributed by atoms with E-state index in [0.717, 1.165) is 42.0 Å². The summed E-state index contributed by atoms with van der Waals surface area (Å²) in [6.45, 7) is 0.587. The van der Waals surface area contributed by atoms with Gasteiger partial charge in [0.25, 0.3) is 0 Å². The lowest BCUT2D eigenvalue weighted by Crippen LogP contribution is -2.34. The van der Waals surface area contributed by atoms with Crippen molar-refractivity contribution in [3.05, 3.63) is 62.5 Å². The number of aromatic nitrogens is 1. The molecule has 182 valence electrons. The molecule has 1 aromatic heterocycles. The quantitative estimate of drug-likeness (QED) is 0.410. The average molecular weight is 549 g/mol. The normalized spacial score (nSPS) is 24.2. The highest BCUT2D eigenvalue weighted by atomic mass is 35.5. The summed E-state index contributed by atoms with van der Waals surface area (Å²) in [7, 11) is -3.30. The molecule has 0 spiro atoms. The number of fused-ring (bicyclic) bond motifs is 1. The van der Waals surface area contributed by atoms with E-state index in [4.69, 9.17) is 16.6 Å². The van der Waals surface area contributed by atoms with Crippen molar-refractivity contribution in [1.82, 2.24) is 14.0 Å². The Hall–Kier alpha value is -1.90. The number of hydrogen-bond acceptors (Lipinski definition) is 7. The Morgan fingerprint density at radius 1 is 1.26 bits per heavy atom. The molecule has 0 bridgehead atoms. The van der Waals surface area contributed by atoms with E-state index < -0.39 is 21.9 Å². The molecule has 11 heteroatoms. The number of halogens is 2. The monoisotopic (exact) mass is 548 g/mol. The molecular formula is C24H22ClFN4O2S3. The molecule has 1 saturated heterocycles. The smallest absolute Gasteiger partial charge is 0.223 e. The second-order valence-electron chi connectivity index (χ2n) is 9.14. The Balaban J connectivity index is 1.40. The molecule has 2 saturated carbocycles. The minimum atomic E-state index is -3.30. The third-order valence-electron chi connectivity index (χ3n) is 6.39. The third-order valence-corrected chi connectivity index (χ3v) is 10.8. The Labute approximate surface area is 217 Å². The Morgan fingerprint density at radius 2 is 2.09 bits per heavy atom. The lowest BCUT2D eigenvalue weighted by molar-refractivity contribution is 0.555. The highest BCUT2D eigenvalue weighted by Crippen LogP contribution is 2.44. The number of allylic oxidation sites excluding steroid dienone is 1. The second-order valence-corrected chi connectivity index (χ2v) is 13.8. The molecule has 0 amide bonds. The molecule has 2 aliphatic carbocycles. The molecule has 2 aromatic rings. The van der Waals surface area contributed by atoms with E-state index in [0.29, 0.717) is 35.3 Å². The first-order valence-electron chi connectivity index (χ1n) is 11.5. The largest absolute Gasteiger partial charge is 0.326 e. The van der Waals surface area contributed by atoms with Crippen molar-refractivity contribution in [3.63, 3.8) is 0 Å². The van der Waals surface area contributed by atoms with Gasteiger partial charge in [0.2, 0.25) is 10.0 Å². The van der Waals surface area contributed by atoms with E-state index in [1.807, 2.05) is 5.38 Å². The SMILES string of the molecule is O=S(=O)(NSC1CC2=C(C#CC3CC3)[C@@H](c3ccc(F)cc3Cl)N=C(c3nccs3)N2C1)C1CC1. The van der Waals surface area contributed by atoms with Crippen molar-refractivity contribution >= 4 is 50.7 Å². The van der Waals surface area contributed by atoms with Gasteiger partial charge >= 0.3 is 0 Å². The van der Waals surface area contributed by atoms with Crippen LogP contribution in [0, 0.1) is 23.6 Å². The Morgan fingerprint density at radius 3 is 2.77 bits per heavy atom. The summed E-state index contributed by atoms with van der Waals surface area (Å²) in [6.07, 6.45) is 6.00. The number of sulfonamides is 1. The molecule has 1 aromatic carbocycles. The first-order valence-corrected chi connectivity index (χ1v) is 15.2. The zero-order chi connectivity index (χ0) is 24.2. The number of aliphatic imine (C=N–C) groups is 1. The fourth-order valence-electron chi connectivity index (χ4n) is 4.25. The number of benzene rings is 1. The van der Waals surface area contributed by atoms with Crippen molar-refractivity contribution in [3.8, 4) is 11.8 Å². The van der Waals surface area contributed by atoms with Crippen LogP contribution in [-0.4, -0.2) is 41.2 Å². The number of nitrogens with zero attached hydrogens (tertiary/aromatic N) is 3. The maximum absolute atomic E-state index is 13.8. The zero-order valence-corrected chi connectivity index (χ0v) is 21.8. The van der Waals surface area contributed by atoms with Crippen molar-refractivity contribution in [2.75, 3.05) is 6.54 Å². The van der Waals surface area contributed by atoms with Gasteiger partial charge in [-0.15, -0.1) is 11.3 Å². The van der Waals surface area contributed by atoms with Crippen LogP contribution in [-0.2, 0) is 10.0 Å². The Kier molecular flexibility index (Phi) is 6.17. The highest BCUT2D eigenvalue weighted by Gasteiger charge is 2.41. The molecular weight excluding hydrogens is 527 g/mol. The van der Waals surface area contributed by atoms with Crippen LogP contribution in [0.3, 0.4) is 0 Å². The minimum absolute atomic E-state index is 0.0103. The van der Waals surface area contributed by atoms with E-state index >= 15 is 0 Å². The molecule has 2 atom stereocenters. The average Bonchev–Trinajstić information content (AvgIpc) is 3.75. The van der Waals surface area contributed by atoms with Crippen LogP contribution in [0.1, 0.15) is 48.7 Å². The molecule has 0 radical (unpaired) electrons. The number of thiazole rings is 1. The molecule has 6 rings (SSSR count). The van der Waals surface area contributed by atoms with E-state index in [-0.39, 0.29) is 10.5 Å². The summed E-state index contributed by atoms with van der Waals surface area (Å²) < 4.78 is 41.4. The fourth-order valence-corrected chi connectivity index (χ4v) is 8.01. The predicted octanol–water partition coefficient (Wildman–Crippen LogP) is 4.91. The maximum Gasteiger partial charge on any atom is 0.223 e. The van der Waals surface area contributed by atoms with Crippen LogP contribution in [0.25, 0.3) is 0 Å². The van der Waals surface area contributed by atoms with Gasteiger partial charge in [-0.05, 0) is 37.8 Å². The number of rotatable bonds is 6. The summed E-state index contributed by atoms with van der Waals surface area (Å²) in [4.78, 5) is 11.7. The zero-order valence-electron chi connectivity index (χ0n) is 18.6. The van der Waals surface area contributed by atoms with Gasteiger partial charge < -0.3 is 4.90 Å². The lowest BCUT2D eigenvalue weighted by atomic mass is 9.94. The van der Waals surface area contributed by atoms with E-state index in [1.165, 1.54) is 35.4 Å². The van der Waals surface area contributed by atoms with Gasteiger partial charge in [0.1, 0.15) is 11.9 Å². The standard InChI is InChI=1S/C24H22ClFN4O2S3/c25-20-11-15(26)4-8-18(20)22-19(7-3-14-1-2-14)21-12-16(34-29-35(31,32)17-5-6-17)13-30(21)23(28-22)24-27-9-10-33-24/h4,8-11,14,16-17,22,29H,1-2,5-6,12-13H2/t16?,22-/m1/s1. The topological polar surface area (TPSA) is 74.7 Å². The summed E-state index contributed by atoms with van der Waals surface area (Å²) in [5, 5.41) is 2.69. The van der Waals surface area contributed by atoms with E-state index in [9.17, 15) is 12.8 Å². The molecule has 1 unspecified atom stereocenters. The lowest BCUT2D eigenvalue weighted by Gasteiger charge is -2.31. The molecule has 2 aliphatic heterocycles. The van der Waals surface area contributed by atoms with Crippen LogP contribution < -0.4 is 4.13 Å². The first-order chi connectivity index (χ1) is 16.9. The van der Waals surface area contributed by atoms with Crippen LogP contribution in [0.5, 0.6) is 0 Å². The Bertz CT molecular complexity index is 1390. The van der Waals surface area contributed by atoms with Gasteiger partial charge in [0.15, 0.2) is 10.8 Å². The van der Waals surface area contributed by atoms with Gasteiger partial charge in [0.05, 0.1) is 10.8 Å². The van der Waals surface area contributed by atoms with E-state index in [2.05, 4.69) is 25.9 Å². The second kappa shape index (κ2) is 9.20. The fraction of sp³-hybridized carbons (Fsp3) is 0.417. The number of hydrogen-bond donors (Lipinski definition) is 1. The van der Waals surface area contributed by atoms with Gasteiger partial charge in [-0.3, -0.25) is 4.99 Å². The molecule has 3 heterocycles. The van der Waals surface area contributed by atoms with E-state index in [1.54, 1.807) is 12.3 Å². The van der Waals surface area contributed by atoms with Crippen LogP contribution in [0.2, 0.25) is 5.02 Å². The maximum atomic E-state index is 13.8. The van der Waals surface area contributed by atoms with Crippen molar-refractivity contribution in [2.45, 2.75) is 48.6 Å². The summed E-state index contributed by atoms with van der Waals surface area (Å²) in [5.41, 5.74) is 2.55. The van der Waals surface area contributed by atoms with Crippen LogP contribution in [0.15, 0.2) is 46.0 Å². The molecule has 4 aliphatic rings. The van der Waals surface area contributed by atoms with Gasteiger partial charge in [0, 0.05) is 52.0 Å². The number of nitrogens with one attached hydrogen (secondary N) is 1. The van der Waals surface area contributed by atoms with Gasteiger partial charge in [-0.25, -0.2) is 17.8 Å². The molecule has 6 nitrogen and oxygen atoms in total. The van der Waals surface area contributed by atoms with Gasteiger partial charge in [-0.1, -0.05) is 41.5 Å².